The van der Waals surface area contributed by atoms with Crippen LogP contribution >= 0.6 is 0 Å². The van der Waals surface area contributed by atoms with Crippen LogP contribution in [0.2, 0.25) is 0 Å². The van der Waals surface area contributed by atoms with Crippen LogP contribution in [0.5, 0.6) is 11.5 Å². The lowest BCUT2D eigenvalue weighted by Gasteiger charge is -2.29. The lowest BCUT2D eigenvalue weighted by atomic mass is 10.2. The van der Waals surface area contributed by atoms with Gasteiger partial charge in [0.1, 0.15) is 24.2 Å². The first-order valence-electron chi connectivity index (χ1n) is 6.83. The van der Waals surface area contributed by atoms with Gasteiger partial charge in [0, 0.05) is 6.54 Å². The highest BCUT2D eigenvalue weighted by Crippen LogP contribution is 2.31. The van der Waals surface area contributed by atoms with Gasteiger partial charge in [-0.25, -0.2) is 0 Å². The maximum atomic E-state index is 5.95. The SMILES string of the molecule is Cc1ccc(CN(C)CC2COc3ccccc3O2)o1. The van der Waals surface area contributed by atoms with Crippen LogP contribution in [0.4, 0.5) is 0 Å². The summed E-state index contributed by atoms with van der Waals surface area (Å²) >= 11 is 0. The number of ether oxygens (including phenoxy) is 2. The summed E-state index contributed by atoms with van der Waals surface area (Å²) in [7, 11) is 2.06. The average Bonchev–Trinajstić information content (AvgIpc) is 2.83. The minimum atomic E-state index is 0.0472. The summed E-state index contributed by atoms with van der Waals surface area (Å²) in [6, 6.07) is 11.8. The quantitative estimate of drug-likeness (QED) is 0.858. The molecule has 0 amide bonds. The summed E-state index contributed by atoms with van der Waals surface area (Å²) in [6.45, 7) is 4.11. The Bertz CT molecular complexity index is 579. The van der Waals surface area contributed by atoms with Gasteiger partial charge in [-0.15, -0.1) is 0 Å². The monoisotopic (exact) mass is 273 g/mol. The van der Waals surface area contributed by atoms with Gasteiger partial charge in [0.25, 0.3) is 0 Å². The zero-order chi connectivity index (χ0) is 13.9. The third kappa shape index (κ3) is 2.96. The highest BCUT2D eigenvalue weighted by Gasteiger charge is 2.22. The van der Waals surface area contributed by atoms with Crippen LogP contribution in [-0.2, 0) is 6.54 Å². The van der Waals surface area contributed by atoms with Crippen molar-refractivity contribution in [1.29, 1.82) is 0 Å². The molecule has 0 spiro atoms. The number of benzene rings is 1. The molecule has 0 aliphatic carbocycles. The molecule has 3 rings (SSSR count). The molecule has 1 aromatic heterocycles. The standard InChI is InChI=1S/C16H19NO3/c1-12-7-8-13(19-12)9-17(2)10-14-11-18-15-5-3-4-6-16(15)20-14/h3-8,14H,9-11H2,1-2H3. The number of fused-ring (bicyclic) bond motifs is 1. The number of nitrogens with zero attached hydrogens (tertiary/aromatic N) is 1. The van der Waals surface area contributed by atoms with Crippen molar-refractivity contribution in [3.8, 4) is 11.5 Å². The van der Waals surface area contributed by atoms with Crippen LogP contribution in [0.1, 0.15) is 11.5 Å². The number of para-hydroxylation sites is 2. The van der Waals surface area contributed by atoms with Crippen molar-refractivity contribution in [2.24, 2.45) is 0 Å². The molecule has 0 N–H and O–H groups in total. The van der Waals surface area contributed by atoms with Crippen LogP contribution in [0.15, 0.2) is 40.8 Å². The van der Waals surface area contributed by atoms with Crippen molar-refractivity contribution in [1.82, 2.24) is 4.90 Å². The third-order valence-electron chi connectivity index (χ3n) is 3.30. The molecular formula is C16H19NO3. The molecule has 0 radical (unpaired) electrons. The lowest BCUT2D eigenvalue weighted by molar-refractivity contribution is 0.0622. The van der Waals surface area contributed by atoms with E-state index < -0.39 is 0 Å². The van der Waals surface area contributed by atoms with Gasteiger partial charge in [0.05, 0.1) is 6.54 Å². The van der Waals surface area contributed by atoms with Gasteiger partial charge in [0.15, 0.2) is 11.5 Å². The molecule has 0 saturated carbocycles. The summed E-state index contributed by atoms with van der Waals surface area (Å²) in [5.74, 6) is 3.57. The highest BCUT2D eigenvalue weighted by molar-refractivity contribution is 5.40. The third-order valence-corrected chi connectivity index (χ3v) is 3.30. The van der Waals surface area contributed by atoms with Gasteiger partial charge in [-0.3, -0.25) is 4.90 Å². The Balaban J connectivity index is 1.56. The van der Waals surface area contributed by atoms with E-state index in [1.807, 2.05) is 43.3 Å². The Morgan fingerprint density at radius 1 is 1.15 bits per heavy atom. The number of hydrogen-bond acceptors (Lipinski definition) is 4. The molecule has 4 nitrogen and oxygen atoms in total. The van der Waals surface area contributed by atoms with E-state index in [1.165, 1.54) is 0 Å². The molecule has 106 valence electrons. The van der Waals surface area contributed by atoms with Crippen molar-refractivity contribution >= 4 is 0 Å². The van der Waals surface area contributed by atoms with E-state index in [0.717, 1.165) is 36.1 Å². The second-order valence-corrected chi connectivity index (χ2v) is 5.21. The molecule has 0 fully saturated rings. The van der Waals surface area contributed by atoms with Crippen molar-refractivity contribution < 1.29 is 13.9 Å². The van der Waals surface area contributed by atoms with E-state index in [4.69, 9.17) is 13.9 Å². The summed E-state index contributed by atoms with van der Waals surface area (Å²) in [5.41, 5.74) is 0. The Hall–Kier alpha value is -1.94. The highest BCUT2D eigenvalue weighted by atomic mass is 16.6. The zero-order valence-corrected chi connectivity index (χ0v) is 11.8. The van der Waals surface area contributed by atoms with Crippen molar-refractivity contribution in [2.75, 3.05) is 20.2 Å². The minimum Gasteiger partial charge on any atom is -0.486 e. The molecule has 2 heterocycles. The Morgan fingerprint density at radius 3 is 2.70 bits per heavy atom. The number of aryl methyl sites for hydroxylation is 1. The average molecular weight is 273 g/mol. The molecule has 1 aliphatic heterocycles. The van der Waals surface area contributed by atoms with Crippen LogP contribution in [0.25, 0.3) is 0 Å². The second-order valence-electron chi connectivity index (χ2n) is 5.21. The van der Waals surface area contributed by atoms with Gasteiger partial charge in [0.2, 0.25) is 0 Å². The van der Waals surface area contributed by atoms with E-state index in [0.29, 0.717) is 6.61 Å². The maximum Gasteiger partial charge on any atom is 0.161 e. The maximum absolute atomic E-state index is 5.95. The van der Waals surface area contributed by atoms with Crippen LogP contribution < -0.4 is 9.47 Å². The first-order chi connectivity index (χ1) is 9.70. The molecule has 1 atom stereocenters. The van der Waals surface area contributed by atoms with Crippen LogP contribution in [-0.4, -0.2) is 31.2 Å². The Kier molecular flexibility index (Phi) is 3.65. The van der Waals surface area contributed by atoms with Gasteiger partial charge in [-0.2, -0.15) is 0 Å². The van der Waals surface area contributed by atoms with E-state index in [9.17, 15) is 0 Å². The normalized spacial score (nSPS) is 17.4. The molecule has 4 heteroatoms. The smallest absolute Gasteiger partial charge is 0.161 e. The van der Waals surface area contributed by atoms with Gasteiger partial charge < -0.3 is 13.9 Å². The second kappa shape index (κ2) is 5.59. The Morgan fingerprint density at radius 2 is 1.95 bits per heavy atom. The molecule has 1 aromatic carbocycles. The Labute approximate surface area is 118 Å². The molecule has 20 heavy (non-hydrogen) atoms. The van der Waals surface area contributed by atoms with Gasteiger partial charge in [-0.05, 0) is 38.2 Å². The van der Waals surface area contributed by atoms with Crippen molar-refractivity contribution in [3.63, 3.8) is 0 Å². The number of furan rings is 1. The first-order valence-corrected chi connectivity index (χ1v) is 6.83. The summed E-state index contributed by atoms with van der Waals surface area (Å²) in [5, 5.41) is 0. The largest absolute Gasteiger partial charge is 0.486 e. The van der Waals surface area contributed by atoms with E-state index in [1.54, 1.807) is 0 Å². The topological polar surface area (TPSA) is 34.8 Å². The van der Waals surface area contributed by atoms with Gasteiger partial charge >= 0.3 is 0 Å². The fourth-order valence-corrected chi connectivity index (χ4v) is 2.40. The lowest BCUT2D eigenvalue weighted by Crippen LogP contribution is -2.39. The zero-order valence-electron chi connectivity index (χ0n) is 11.8. The fourth-order valence-electron chi connectivity index (χ4n) is 2.40. The van der Waals surface area contributed by atoms with Crippen molar-refractivity contribution in [3.05, 3.63) is 47.9 Å². The number of hydrogen-bond donors (Lipinski definition) is 0. The molecule has 2 aromatic rings. The molecule has 1 aliphatic rings. The predicted octanol–water partition coefficient (Wildman–Crippen LogP) is 2.86. The minimum absolute atomic E-state index is 0.0472. The molecule has 0 saturated heterocycles. The molecule has 1 unspecified atom stereocenters. The molecular weight excluding hydrogens is 254 g/mol. The van der Waals surface area contributed by atoms with Crippen LogP contribution in [0.3, 0.4) is 0 Å². The summed E-state index contributed by atoms with van der Waals surface area (Å²) in [4.78, 5) is 2.18. The summed E-state index contributed by atoms with van der Waals surface area (Å²) < 4.78 is 17.3. The van der Waals surface area contributed by atoms with E-state index >= 15 is 0 Å². The van der Waals surface area contributed by atoms with Crippen LogP contribution in [0, 0.1) is 6.92 Å². The van der Waals surface area contributed by atoms with E-state index in [2.05, 4.69) is 11.9 Å². The summed E-state index contributed by atoms with van der Waals surface area (Å²) in [6.07, 6.45) is 0.0472. The van der Waals surface area contributed by atoms with Crippen molar-refractivity contribution in [2.45, 2.75) is 19.6 Å². The number of rotatable bonds is 4. The number of likely N-dealkylation sites (N-methyl/N-ethyl adjacent to an activating group) is 1. The molecule has 0 bridgehead atoms. The fraction of sp³-hybridized carbons (Fsp3) is 0.375. The van der Waals surface area contributed by atoms with Gasteiger partial charge in [-0.1, -0.05) is 12.1 Å². The first kappa shape index (κ1) is 13.1. The van der Waals surface area contributed by atoms with E-state index in [-0.39, 0.29) is 6.10 Å². The predicted molar refractivity (Wildman–Crippen MR) is 76.1 cm³/mol.